The van der Waals surface area contributed by atoms with Crippen LogP contribution in [0.1, 0.15) is 112 Å². The zero-order chi connectivity index (χ0) is 24.9. The molecule has 2 fully saturated rings. The van der Waals surface area contributed by atoms with Crippen molar-refractivity contribution in [2.75, 3.05) is 20.6 Å². The van der Waals surface area contributed by atoms with Gasteiger partial charge >= 0.3 is 0 Å². The minimum atomic E-state index is 0.0301. The molecule has 0 heterocycles. The molecule has 3 aliphatic rings. The predicted molar refractivity (Wildman–Crippen MR) is 147 cm³/mol. The smallest absolute Gasteiger partial charge is 0.163 e. The van der Waals surface area contributed by atoms with E-state index < -0.39 is 0 Å². The Hall–Kier alpha value is -1.15. The van der Waals surface area contributed by atoms with Gasteiger partial charge in [-0.05, 0) is 81.1 Å². The van der Waals surface area contributed by atoms with Gasteiger partial charge in [-0.2, -0.15) is 0 Å². The minimum absolute atomic E-state index is 0.0301. The van der Waals surface area contributed by atoms with Crippen LogP contribution in [0.4, 0.5) is 0 Å². The first-order valence-corrected chi connectivity index (χ1v) is 14.4. The number of ketones is 1. The molecular formula is C32H53NO. The van der Waals surface area contributed by atoms with E-state index in [9.17, 15) is 4.79 Å². The molecule has 2 heteroatoms. The first-order valence-electron chi connectivity index (χ1n) is 14.4. The minimum Gasteiger partial charge on any atom is -0.309 e. The Morgan fingerprint density at radius 1 is 1.03 bits per heavy atom. The van der Waals surface area contributed by atoms with Crippen molar-refractivity contribution < 1.29 is 4.79 Å². The number of carbonyl (C=O) groups excluding carboxylic acids is 1. The summed E-state index contributed by atoms with van der Waals surface area (Å²) in [6, 6.07) is 0. The summed E-state index contributed by atoms with van der Waals surface area (Å²) in [5, 5.41) is 0. The maximum absolute atomic E-state index is 13.7. The molecule has 0 saturated heterocycles. The van der Waals surface area contributed by atoms with Gasteiger partial charge in [-0.25, -0.2) is 0 Å². The maximum atomic E-state index is 13.7. The van der Waals surface area contributed by atoms with E-state index in [2.05, 4.69) is 71.8 Å². The molecule has 0 aromatic heterocycles. The van der Waals surface area contributed by atoms with Crippen molar-refractivity contribution in [2.45, 2.75) is 112 Å². The highest BCUT2D eigenvalue weighted by atomic mass is 16.1. The highest BCUT2D eigenvalue weighted by molar-refractivity contribution is 6.04. The van der Waals surface area contributed by atoms with E-state index in [0.717, 1.165) is 18.8 Å². The second kappa shape index (κ2) is 11.7. The van der Waals surface area contributed by atoms with E-state index >= 15 is 0 Å². The van der Waals surface area contributed by atoms with E-state index in [1.807, 2.05) is 0 Å². The van der Waals surface area contributed by atoms with Crippen LogP contribution < -0.4 is 0 Å². The largest absolute Gasteiger partial charge is 0.309 e. The second-order valence-electron chi connectivity index (χ2n) is 12.7. The number of Topliss-reactive ketones (excluding diaryl/α,β-unsaturated/α-hetero) is 1. The van der Waals surface area contributed by atoms with Crippen LogP contribution in [0.2, 0.25) is 0 Å². The summed E-state index contributed by atoms with van der Waals surface area (Å²) in [6.07, 6.45) is 22.4. The van der Waals surface area contributed by atoms with Gasteiger partial charge in [0.25, 0.3) is 0 Å². The molecule has 3 rings (SSSR count). The fraction of sp³-hybridized carbons (Fsp3) is 0.781. The fourth-order valence-electron chi connectivity index (χ4n) is 7.23. The van der Waals surface area contributed by atoms with Crippen molar-refractivity contribution in [1.29, 1.82) is 0 Å². The molecule has 0 N–H and O–H groups in total. The van der Waals surface area contributed by atoms with Crippen LogP contribution in [0.25, 0.3) is 0 Å². The normalized spacial score (nSPS) is 30.9. The Balaban J connectivity index is 1.79. The number of fused-ring (bicyclic) bond motifs is 2. The summed E-state index contributed by atoms with van der Waals surface area (Å²) < 4.78 is 0. The van der Waals surface area contributed by atoms with E-state index in [1.165, 1.54) is 87.5 Å². The molecule has 0 amide bonds. The molecule has 0 spiro atoms. The lowest BCUT2D eigenvalue weighted by Gasteiger charge is -2.37. The molecular weight excluding hydrogens is 414 g/mol. The first kappa shape index (κ1) is 27.4. The zero-order valence-electron chi connectivity index (χ0n) is 23.5. The lowest BCUT2D eigenvalue weighted by Crippen LogP contribution is -2.30. The summed E-state index contributed by atoms with van der Waals surface area (Å²) in [4.78, 5) is 16.0. The molecule has 0 aromatic carbocycles. The highest BCUT2D eigenvalue weighted by Crippen LogP contribution is 2.67. The van der Waals surface area contributed by atoms with E-state index in [4.69, 9.17) is 0 Å². The van der Waals surface area contributed by atoms with Crippen LogP contribution in [0.5, 0.6) is 0 Å². The molecule has 0 aromatic rings. The maximum Gasteiger partial charge on any atom is 0.163 e. The second-order valence-corrected chi connectivity index (χ2v) is 12.7. The van der Waals surface area contributed by atoms with Gasteiger partial charge in [0.1, 0.15) is 0 Å². The van der Waals surface area contributed by atoms with Gasteiger partial charge in [0, 0.05) is 16.9 Å². The van der Waals surface area contributed by atoms with Gasteiger partial charge in [-0.3, -0.25) is 4.79 Å². The molecule has 4 unspecified atom stereocenters. The lowest BCUT2D eigenvalue weighted by atomic mass is 9.66. The van der Waals surface area contributed by atoms with Gasteiger partial charge < -0.3 is 4.90 Å². The number of unbranched alkanes of at least 4 members (excludes halogenated alkanes) is 5. The summed E-state index contributed by atoms with van der Waals surface area (Å²) >= 11 is 0. The first-order chi connectivity index (χ1) is 16.1. The number of allylic oxidation sites excluding steroid dienone is 6. The monoisotopic (exact) mass is 467 g/mol. The summed E-state index contributed by atoms with van der Waals surface area (Å²) in [5.41, 5.74) is 4.21. The molecule has 0 aliphatic heterocycles. The van der Waals surface area contributed by atoms with Crippen molar-refractivity contribution in [3.63, 3.8) is 0 Å². The van der Waals surface area contributed by atoms with Gasteiger partial charge in [-0.15, -0.1) is 0 Å². The quantitative estimate of drug-likeness (QED) is 0.200. The molecule has 2 nitrogen and oxygen atoms in total. The average molecular weight is 468 g/mol. The van der Waals surface area contributed by atoms with Gasteiger partial charge in [0.2, 0.25) is 0 Å². The molecule has 3 aliphatic carbocycles. The topological polar surface area (TPSA) is 20.3 Å². The third kappa shape index (κ3) is 5.63. The number of carbonyl (C=O) groups is 1. The number of rotatable bonds is 13. The van der Waals surface area contributed by atoms with Crippen LogP contribution in [-0.4, -0.2) is 31.3 Å². The summed E-state index contributed by atoms with van der Waals surface area (Å²) in [7, 11) is 4.37. The summed E-state index contributed by atoms with van der Waals surface area (Å²) in [6.45, 7) is 12.9. The molecule has 4 atom stereocenters. The fourth-order valence-corrected chi connectivity index (χ4v) is 7.23. The SMILES string of the molecule is CCCCCCCCC(CCCN(C)C)CC1=CC=CC(C)C1=C1C(=O)C2CCC1(C)C2(C)C. The van der Waals surface area contributed by atoms with Crippen LogP contribution in [0, 0.1) is 28.6 Å². The van der Waals surface area contributed by atoms with Crippen LogP contribution >= 0.6 is 0 Å². The average Bonchev–Trinajstić information content (AvgIpc) is 3.08. The highest BCUT2D eigenvalue weighted by Gasteiger charge is 2.64. The van der Waals surface area contributed by atoms with Gasteiger partial charge in [0.05, 0.1) is 0 Å². The van der Waals surface area contributed by atoms with Crippen molar-refractivity contribution in [2.24, 2.45) is 28.6 Å². The third-order valence-electron chi connectivity index (χ3n) is 9.80. The van der Waals surface area contributed by atoms with Crippen molar-refractivity contribution >= 4 is 5.78 Å². The standard InChI is InChI=1S/C32H53NO/c1-8-9-10-11-12-13-17-25(18-15-22-33(6)7)23-26-19-14-16-24(2)28(26)29-30(34)27-20-21-32(29,5)31(27,3)4/h14,16,19,24-25,27H,8-13,15,17-18,20-23H2,1-7H3. The molecule has 0 radical (unpaired) electrons. The molecule has 2 saturated carbocycles. The van der Waals surface area contributed by atoms with E-state index in [-0.39, 0.29) is 16.7 Å². The van der Waals surface area contributed by atoms with Crippen molar-refractivity contribution in [1.82, 2.24) is 4.90 Å². The third-order valence-corrected chi connectivity index (χ3v) is 9.80. The van der Waals surface area contributed by atoms with Crippen LogP contribution in [0.3, 0.4) is 0 Å². The van der Waals surface area contributed by atoms with Crippen molar-refractivity contribution in [3.05, 3.63) is 34.9 Å². The Labute approximate surface area is 211 Å². The van der Waals surface area contributed by atoms with E-state index in [0.29, 0.717) is 11.7 Å². The molecule has 192 valence electrons. The number of hydrogen-bond acceptors (Lipinski definition) is 2. The Kier molecular flexibility index (Phi) is 9.46. The van der Waals surface area contributed by atoms with Crippen molar-refractivity contribution in [3.8, 4) is 0 Å². The van der Waals surface area contributed by atoms with Gasteiger partial charge in [-0.1, -0.05) is 97.8 Å². The molecule has 34 heavy (non-hydrogen) atoms. The lowest BCUT2D eigenvalue weighted by molar-refractivity contribution is -0.119. The Bertz CT molecular complexity index is 798. The molecule has 2 bridgehead atoms. The number of hydrogen-bond donors (Lipinski definition) is 0. The van der Waals surface area contributed by atoms with Crippen LogP contribution in [-0.2, 0) is 4.79 Å². The predicted octanol–water partition coefficient (Wildman–Crippen LogP) is 8.54. The van der Waals surface area contributed by atoms with E-state index in [1.54, 1.807) is 0 Å². The number of nitrogens with zero attached hydrogens (tertiary/aromatic N) is 1. The van der Waals surface area contributed by atoms with Gasteiger partial charge in [0.15, 0.2) is 5.78 Å². The van der Waals surface area contributed by atoms with Crippen LogP contribution in [0.15, 0.2) is 34.9 Å². The summed E-state index contributed by atoms with van der Waals surface area (Å²) in [5.74, 6) is 1.77. The zero-order valence-corrected chi connectivity index (χ0v) is 23.5. The Morgan fingerprint density at radius 3 is 2.35 bits per heavy atom. The Morgan fingerprint density at radius 2 is 1.71 bits per heavy atom.